The van der Waals surface area contributed by atoms with Crippen LogP contribution in [0.5, 0.6) is 0 Å². The number of rotatable bonds is 4. The summed E-state index contributed by atoms with van der Waals surface area (Å²) in [6.07, 6.45) is -14.5. The molecule has 0 bridgehead atoms. The van der Waals surface area contributed by atoms with Crippen LogP contribution in [0.15, 0.2) is 0 Å². The number of aliphatic hydroxyl groups excluding tert-OH is 7. The second kappa shape index (κ2) is 10.9. The zero-order chi connectivity index (χ0) is 19.9. The summed E-state index contributed by atoms with van der Waals surface area (Å²) in [5.41, 5.74) is 5.30. The lowest BCUT2D eigenvalue weighted by molar-refractivity contribution is -0.156. The number of hydrogen-bond acceptors (Lipinski definition) is 10. The number of amides is 1. The molecular formula is C15H30N2O9. The maximum atomic E-state index is 11.8. The monoisotopic (exact) mass is 382 g/mol. The quantitative estimate of drug-likeness (QED) is 0.216. The first-order chi connectivity index (χ1) is 12.2. The Kier molecular flexibility index (Phi) is 9.68. The predicted molar refractivity (Wildman–Crippen MR) is 87.8 cm³/mol. The van der Waals surface area contributed by atoms with Gasteiger partial charge in [-0.1, -0.05) is 0 Å². The van der Waals surface area contributed by atoms with E-state index in [1.807, 2.05) is 0 Å². The number of hydrogen-bond donors (Lipinski definition) is 9. The fourth-order valence-corrected chi connectivity index (χ4v) is 2.77. The van der Waals surface area contributed by atoms with Crippen molar-refractivity contribution < 1.29 is 45.3 Å². The second-order valence-electron chi connectivity index (χ2n) is 6.56. The molecule has 8 atom stereocenters. The molecule has 0 spiro atoms. The van der Waals surface area contributed by atoms with Gasteiger partial charge in [-0.3, -0.25) is 0 Å². The van der Waals surface area contributed by atoms with E-state index in [9.17, 15) is 40.5 Å². The summed E-state index contributed by atoms with van der Waals surface area (Å²) in [7, 11) is 0. The fraction of sp³-hybridized carbons (Fsp3) is 0.933. The van der Waals surface area contributed by atoms with Crippen LogP contribution in [0.2, 0.25) is 0 Å². The third kappa shape index (κ3) is 6.93. The van der Waals surface area contributed by atoms with Crippen molar-refractivity contribution in [3.8, 4) is 0 Å². The maximum Gasteiger partial charge on any atom is 0.407 e. The topological polar surface area (TPSA) is 206 Å². The number of carbonyl (C=O) groups excluding carboxylic acids is 1. The fourth-order valence-electron chi connectivity index (χ4n) is 2.77. The molecule has 0 aromatic heterocycles. The van der Waals surface area contributed by atoms with Crippen molar-refractivity contribution in [3.63, 3.8) is 0 Å². The molecule has 1 saturated carbocycles. The van der Waals surface area contributed by atoms with Gasteiger partial charge in [-0.2, -0.15) is 0 Å². The van der Waals surface area contributed by atoms with Crippen molar-refractivity contribution in [1.29, 1.82) is 0 Å². The van der Waals surface area contributed by atoms with Crippen molar-refractivity contribution >= 4 is 6.09 Å². The third-order valence-electron chi connectivity index (χ3n) is 4.30. The first-order valence-corrected chi connectivity index (χ1v) is 8.58. The smallest absolute Gasteiger partial charge is 0.407 e. The predicted octanol–water partition coefficient (Wildman–Crippen LogP) is -3.86. The summed E-state index contributed by atoms with van der Waals surface area (Å²) in [6.45, 7) is 0.559. The summed E-state index contributed by atoms with van der Waals surface area (Å²) >= 11 is 0. The molecule has 154 valence electrons. The van der Waals surface area contributed by atoms with E-state index in [0.717, 1.165) is 0 Å². The van der Waals surface area contributed by atoms with Gasteiger partial charge in [-0.25, -0.2) is 4.79 Å². The molecule has 1 aliphatic rings. The summed E-state index contributed by atoms with van der Waals surface area (Å²) in [5, 5.41) is 72.1. The van der Waals surface area contributed by atoms with Crippen molar-refractivity contribution in [2.24, 2.45) is 5.73 Å². The Labute approximate surface area is 151 Å². The highest BCUT2D eigenvalue weighted by Crippen LogP contribution is 2.22. The zero-order valence-corrected chi connectivity index (χ0v) is 14.4. The number of carbonyl (C=O) groups is 1. The second-order valence-corrected chi connectivity index (χ2v) is 6.56. The average Bonchev–Trinajstić information content (AvgIpc) is 2.58. The van der Waals surface area contributed by atoms with Crippen LogP contribution in [0.3, 0.4) is 0 Å². The molecule has 11 heteroatoms. The summed E-state index contributed by atoms with van der Waals surface area (Å²) in [4.78, 5) is 11.8. The molecule has 1 amide bonds. The van der Waals surface area contributed by atoms with Crippen LogP contribution in [0.1, 0.15) is 25.7 Å². The molecule has 0 saturated heterocycles. The van der Waals surface area contributed by atoms with Gasteiger partial charge in [0.1, 0.15) is 30.5 Å². The molecule has 0 heterocycles. The van der Waals surface area contributed by atoms with E-state index in [1.54, 1.807) is 0 Å². The van der Waals surface area contributed by atoms with E-state index < -0.39 is 54.9 Å². The Morgan fingerprint density at radius 3 is 2.08 bits per heavy atom. The highest BCUT2D eigenvalue weighted by molar-refractivity contribution is 5.67. The lowest BCUT2D eigenvalue weighted by Crippen LogP contribution is -2.53. The maximum absolute atomic E-state index is 11.8. The Bertz CT molecular complexity index is 428. The minimum atomic E-state index is -1.97. The normalized spacial score (nSPS) is 39.7. The average molecular weight is 382 g/mol. The van der Waals surface area contributed by atoms with E-state index in [1.165, 1.54) is 0 Å². The molecule has 1 fully saturated rings. The minimum Gasteiger partial charge on any atom is -0.443 e. The Morgan fingerprint density at radius 1 is 0.885 bits per heavy atom. The van der Waals surface area contributed by atoms with Crippen LogP contribution < -0.4 is 11.1 Å². The number of ether oxygens (including phenoxy) is 1. The van der Waals surface area contributed by atoms with Crippen LogP contribution in [0.25, 0.3) is 0 Å². The molecule has 26 heavy (non-hydrogen) atoms. The number of aliphatic hydroxyl groups is 7. The first kappa shape index (κ1) is 23.0. The Balaban J connectivity index is 2.90. The van der Waals surface area contributed by atoms with Gasteiger partial charge < -0.3 is 51.5 Å². The van der Waals surface area contributed by atoms with Gasteiger partial charge in [0.15, 0.2) is 0 Å². The summed E-state index contributed by atoms with van der Waals surface area (Å²) in [5.74, 6) is 0. The largest absolute Gasteiger partial charge is 0.443 e. The van der Waals surface area contributed by atoms with E-state index in [2.05, 4.69) is 5.32 Å². The van der Waals surface area contributed by atoms with E-state index in [-0.39, 0.29) is 25.8 Å². The molecule has 10 N–H and O–H groups in total. The van der Waals surface area contributed by atoms with Gasteiger partial charge in [0.05, 0.1) is 18.3 Å². The van der Waals surface area contributed by atoms with Crippen molar-refractivity contribution in [2.75, 3.05) is 13.1 Å². The van der Waals surface area contributed by atoms with Gasteiger partial charge in [-0.05, 0) is 19.4 Å². The van der Waals surface area contributed by atoms with E-state index in [0.29, 0.717) is 13.0 Å². The molecule has 11 nitrogen and oxygen atoms in total. The van der Waals surface area contributed by atoms with Gasteiger partial charge in [0, 0.05) is 19.4 Å². The highest BCUT2D eigenvalue weighted by Gasteiger charge is 2.41. The zero-order valence-electron chi connectivity index (χ0n) is 14.4. The number of nitrogens with two attached hydrogens (primary N) is 1. The van der Waals surface area contributed by atoms with Gasteiger partial charge in [0.25, 0.3) is 0 Å². The lowest BCUT2D eigenvalue weighted by atomic mass is 9.94. The van der Waals surface area contributed by atoms with Gasteiger partial charge >= 0.3 is 6.09 Å². The third-order valence-corrected chi connectivity index (χ3v) is 4.30. The SMILES string of the molecule is NCCCNC(=O)OC1CC(O)CC(O)CC(O)C(O)C(O)C(O)C1O. The molecule has 8 unspecified atom stereocenters. The summed E-state index contributed by atoms with van der Waals surface area (Å²) in [6, 6.07) is 0. The first-order valence-electron chi connectivity index (χ1n) is 8.58. The van der Waals surface area contributed by atoms with Crippen LogP contribution in [0, 0.1) is 0 Å². The van der Waals surface area contributed by atoms with Crippen LogP contribution in [-0.4, -0.2) is 104 Å². The van der Waals surface area contributed by atoms with Crippen LogP contribution in [0.4, 0.5) is 4.79 Å². The van der Waals surface area contributed by atoms with Crippen molar-refractivity contribution in [1.82, 2.24) is 5.32 Å². The molecule has 0 radical (unpaired) electrons. The molecule has 0 aliphatic heterocycles. The van der Waals surface area contributed by atoms with Crippen LogP contribution in [-0.2, 0) is 4.74 Å². The standard InChI is InChI=1S/C15H30N2O9/c16-2-1-3-17-15(25)26-10-6-8(19)4-7(18)5-9(20)11(21)13(23)14(24)12(10)22/h7-14,18-24H,1-6,16H2,(H,17,25). The number of alkyl carbamates (subject to hydrolysis) is 1. The Hall–Kier alpha value is -1.05. The van der Waals surface area contributed by atoms with E-state index in [4.69, 9.17) is 10.5 Å². The minimum absolute atomic E-state index is 0.218. The highest BCUT2D eigenvalue weighted by atomic mass is 16.6. The van der Waals surface area contributed by atoms with Crippen molar-refractivity contribution in [3.05, 3.63) is 0 Å². The molecular weight excluding hydrogens is 352 g/mol. The van der Waals surface area contributed by atoms with Crippen LogP contribution >= 0.6 is 0 Å². The van der Waals surface area contributed by atoms with E-state index >= 15 is 0 Å². The summed E-state index contributed by atoms with van der Waals surface area (Å²) < 4.78 is 5.01. The van der Waals surface area contributed by atoms with Gasteiger partial charge in [-0.15, -0.1) is 0 Å². The molecule has 1 aliphatic carbocycles. The molecule has 1 rings (SSSR count). The van der Waals surface area contributed by atoms with Crippen molar-refractivity contribution in [2.45, 2.75) is 74.5 Å². The molecule has 0 aromatic carbocycles. The molecule has 0 aromatic rings. The number of nitrogens with one attached hydrogen (secondary N) is 1. The Morgan fingerprint density at radius 2 is 1.46 bits per heavy atom. The van der Waals surface area contributed by atoms with Gasteiger partial charge in [0.2, 0.25) is 0 Å². The lowest BCUT2D eigenvalue weighted by Gasteiger charge is -2.32.